The zero-order chi connectivity index (χ0) is 28.8. The molecule has 0 aliphatic carbocycles. The van der Waals surface area contributed by atoms with E-state index in [2.05, 4.69) is 51.1 Å². The predicted molar refractivity (Wildman–Crippen MR) is 169 cm³/mol. The van der Waals surface area contributed by atoms with Crippen molar-refractivity contribution in [3.8, 4) is 0 Å². The van der Waals surface area contributed by atoms with Gasteiger partial charge in [0.2, 0.25) is 0 Å². The molecular formula is C34H58O4S. The molecule has 2 aromatic carbocycles. The Hall–Kier alpha value is -1.43. The Morgan fingerprint density at radius 2 is 0.923 bits per heavy atom. The third kappa shape index (κ3) is 17.8. The standard InChI is InChI=1S/C34H56.H2O4S/c1-4-7-10-13-16-19-24-30-29-31-25-22-23-27-33(31)34(28-21-18-15-12-9-6-3)32(30)26-20-17-14-11-8-5-2;1-5(2,3)4/h22-23,25,27,29H,4-21,24,26,28H2,1-3H3;(H2,1,2,3,4). The minimum absolute atomic E-state index is 1.28. The molecule has 0 atom stereocenters. The van der Waals surface area contributed by atoms with Gasteiger partial charge in [0.25, 0.3) is 0 Å². The van der Waals surface area contributed by atoms with Gasteiger partial charge in [-0.15, -0.1) is 0 Å². The number of rotatable bonds is 21. The van der Waals surface area contributed by atoms with Gasteiger partial charge in [-0.25, -0.2) is 0 Å². The molecule has 4 nitrogen and oxygen atoms in total. The zero-order valence-corrected chi connectivity index (χ0v) is 26.2. The molecule has 2 N–H and O–H groups in total. The van der Waals surface area contributed by atoms with E-state index in [1.165, 1.54) is 140 Å². The first-order valence-electron chi connectivity index (χ1n) is 16.0. The molecule has 0 aliphatic rings. The highest BCUT2D eigenvalue weighted by atomic mass is 32.3. The lowest BCUT2D eigenvalue weighted by Gasteiger charge is -2.19. The Bertz CT molecular complexity index is 976. The van der Waals surface area contributed by atoms with Crippen molar-refractivity contribution in [3.05, 3.63) is 47.0 Å². The van der Waals surface area contributed by atoms with Crippen LogP contribution in [0, 0.1) is 0 Å². The molecule has 5 heteroatoms. The minimum atomic E-state index is -4.67. The fourth-order valence-electron chi connectivity index (χ4n) is 5.61. The van der Waals surface area contributed by atoms with Crippen LogP contribution in [0.25, 0.3) is 10.8 Å². The molecule has 0 amide bonds. The van der Waals surface area contributed by atoms with E-state index in [1.807, 2.05) is 0 Å². The molecule has 0 heterocycles. The molecule has 2 aromatic rings. The minimum Gasteiger partial charge on any atom is -0.264 e. The molecule has 39 heavy (non-hydrogen) atoms. The van der Waals surface area contributed by atoms with Crippen LogP contribution in [0.2, 0.25) is 0 Å². The van der Waals surface area contributed by atoms with Gasteiger partial charge in [-0.2, -0.15) is 8.42 Å². The van der Waals surface area contributed by atoms with Gasteiger partial charge in [0.15, 0.2) is 0 Å². The molecule has 0 radical (unpaired) electrons. The van der Waals surface area contributed by atoms with Gasteiger partial charge in [0.05, 0.1) is 0 Å². The topological polar surface area (TPSA) is 74.6 Å². The second kappa shape index (κ2) is 22.3. The third-order valence-electron chi connectivity index (χ3n) is 7.73. The van der Waals surface area contributed by atoms with Crippen LogP contribution in [0.1, 0.15) is 153 Å². The number of hydrogen-bond donors (Lipinski definition) is 2. The van der Waals surface area contributed by atoms with Gasteiger partial charge < -0.3 is 0 Å². The fourth-order valence-corrected chi connectivity index (χ4v) is 5.61. The van der Waals surface area contributed by atoms with Crippen molar-refractivity contribution in [1.82, 2.24) is 0 Å². The molecule has 0 fully saturated rings. The van der Waals surface area contributed by atoms with Crippen LogP contribution in [0.15, 0.2) is 30.3 Å². The lowest BCUT2D eigenvalue weighted by molar-refractivity contribution is 0.381. The SMILES string of the molecule is CCCCCCCCc1cc2ccccc2c(CCCCCCCC)c1CCCCCCCC.O=S(=O)(O)O. The summed E-state index contributed by atoms with van der Waals surface area (Å²) in [6.45, 7) is 6.95. The maximum Gasteiger partial charge on any atom is 0.394 e. The summed E-state index contributed by atoms with van der Waals surface area (Å²) in [5.74, 6) is 0. The van der Waals surface area contributed by atoms with Crippen LogP contribution in [0.4, 0.5) is 0 Å². The van der Waals surface area contributed by atoms with Crippen LogP contribution in [0.5, 0.6) is 0 Å². The zero-order valence-electron chi connectivity index (χ0n) is 25.4. The third-order valence-corrected chi connectivity index (χ3v) is 7.73. The van der Waals surface area contributed by atoms with E-state index in [9.17, 15) is 0 Å². The second-order valence-corrected chi connectivity index (χ2v) is 12.1. The maximum atomic E-state index is 8.74. The first kappa shape index (κ1) is 35.6. The van der Waals surface area contributed by atoms with Crippen molar-refractivity contribution >= 4 is 21.2 Å². The van der Waals surface area contributed by atoms with Crippen molar-refractivity contribution < 1.29 is 17.5 Å². The second-order valence-electron chi connectivity index (χ2n) is 11.2. The van der Waals surface area contributed by atoms with E-state index >= 15 is 0 Å². The number of benzene rings is 2. The number of fused-ring (bicyclic) bond motifs is 1. The lowest BCUT2D eigenvalue weighted by atomic mass is 9.86. The van der Waals surface area contributed by atoms with E-state index in [-0.39, 0.29) is 0 Å². The van der Waals surface area contributed by atoms with Crippen LogP contribution in [-0.4, -0.2) is 17.5 Å². The summed E-state index contributed by atoms with van der Waals surface area (Å²) in [5, 5.41) is 3.03. The molecule has 2 rings (SSSR count). The molecule has 0 saturated carbocycles. The van der Waals surface area contributed by atoms with Gasteiger partial charge in [0, 0.05) is 0 Å². The summed E-state index contributed by atoms with van der Waals surface area (Å²) < 4.78 is 31.6. The molecule has 0 aliphatic heterocycles. The van der Waals surface area contributed by atoms with Gasteiger partial charge in [-0.3, -0.25) is 9.11 Å². The molecular weight excluding hydrogens is 504 g/mol. The predicted octanol–water partition coefficient (Wildman–Crippen LogP) is 10.9. The Morgan fingerprint density at radius 3 is 1.41 bits per heavy atom. The van der Waals surface area contributed by atoms with Crippen molar-refractivity contribution in [1.29, 1.82) is 0 Å². The normalized spacial score (nSPS) is 11.5. The Morgan fingerprint density at radius 1 is 0.538 bits per heavy atom. The first-order chi connectivity index (χ1) is 18.8. The quantitative estimate of drug-likeness (QED) is 0.117. The van der Waals surface area contributed by atoms with Crippen molar-refractivity contribution in [2.24, 2.45) is 0 Å². The van der Waals surface area contributed by atoms with Crippen molar-refractivity contribution in [3.63, 3.8) is 0 Å². The van der Waals surface area contributed by atoms with Gasteiger partial charge >= 0.3 is 10.4 Å². The Balaban J connectivity index is 0.00000139. The molecule has 0 spiro atoms. The van der Waals surface area contributed by atoms with E-state index < -0.39 is 10.4 Å². The fraction of sp³-hybridized carbons (Fsp3) is 0.706. The lowest BCUT2D eigenvalue weighted by Crippen LogP contribution is -2.04. The van der Waals surface area contributed by atoms with Crippen LogP contribution in [0.3, 0.4) is 0 Å². The summed E-state index contributed by atoms with van der Waals surface area (Å²) in [6, 6.07) is 11.8. The number of aryl methyl sites for hydroxylation is 2. The average molecular weight is 563 g/mol. The first-order valence-corrected chi connectivity index (χ1v) is 17.4. The molecule has 0 aromatic heterocycles. The van der Waals surface area contributed by atoms with Crippen molar-refractivity contribution in [2.75, 3.05) is 0 Å². The summed E-state index contributed by atoms with van der Waals surface area (Å²) in [6.07, 6.45) is 28.9. The maximum absolute atomic E-state index is 8.74. The summed E-state index contributed by atoms with van der Waals surface area (Å²) in [7, 11) is -4.67. The van der Waals surface area contributed by atoms with Crippen LogP contribution >= 0.6 is 0 Å². The highest BCUT2D eigenvalue weighted by Gasteiger charge is 2.13. The molecule has 0 bridgehead atoms. The molecule has 0 unspecified atom stereocenters. The molecule has 224 valence electrons. The smallest absolute Gasteiger partial charge is 0.264 e. The largest absolute Gasteiger partial charge is 0.394 e. The summed E-state index contributed by atoms with van der Waals surface area (Å²) in [4.78, 5) is 0. The number of hydrogen-bond acceptors (Lipinski definition) is 2. The van der Waals surface area contributed by atoms with Crippen molar-refractivity contribution in [2.45, 2.75) is 156 Å². The van der Waals surface area contributed by atoms with E-state index in [4.69, 9.17) is 17.5 Å². The Labute approximate surface area is 241 Å². The monoisotopic (exact) mass is 562 g/mol. The van der Waals surface area contributed by atoms with Crippen LogP contribution < -0.4 is 0 Å². The van der Waals surface area contributed by atoms with Gasteiger partial charge in [-0.05, 0) is 66.0 Å². The number of unbranched alkanes of at least 4 members (excludes halogenated alkanes) is 15. The average Bonchev–Trinajstić information content (AvgIpc) is 2.89. The van der Waals surface area contributed by atoms with Crippen LogP contribution in [-0.2, 0) is 29.7 Å². The molecule has 0 saturated heterocycles. The Kier molecular flexibility index (Phi) is 20.3. The van der Waals surface area contributed by atoms with E-state index in [0.717, 1.165) is 0 Å². The van der Waals surface area contributed by atoms with E-state index in [0.29, 0.717) is 0 Å². The highest BCUT2D eigenvalue weighted by molar-refractivity contribution is 7.79. The highest BCUT2D eigenvalue weighted by Crippen LogP contribution is 2.31. The summed E-state index contributed by atoms with van der Waals surface area (Å²) in [5.41, 5.74) is 5.14. The van der Waals surface area contributed by atoms with Gasteiger partial charge in [-0.1, -0.05) is 147 Å². The van der Waals surface area contributed by atoms with E-state index in [1.54, 1.807) is 22.1 Å². The van der Waals surface area contributed by atoms with Gasteiger partial charge in [0.1, 0.15) is 0 Å². The summed E-state index contributed by atoms with van der Waals surface area (Å²) >= 11 is 0.